The highest BCUT2D eigenvalue weighted by Crippen LogP contribution is 2.50. The number of nitrogens with one attached hydrogen (secondary N) is 2. The van der Waals surface area contributed by atoms with Crippen LogP contribution in [0.2, 0.25) is 0 Å². The zero-order chi connectivity index (χ0) is 29.0. The lowest BCUT2D eigenvalue weighted by Gasteiger charge is -2.26. The molecule has 0 saturated heterocycles. The Bertz CT molecular complexity index is 1630. The van der Waals surface area contributed by atoms with Gasteiger partial charge in [-0.3, -0.25) is 4.79 Å². The number of amides is 1. The van der Waals surface area contributed by atoms with E-state index in [1.54, 1.807) is 6.07 Å². The molecule has 1 atom stereocenters. The molecular weight excluding hydrogens is 554 g/mol. The Morgan fingerprint density at radius 2 is 1.80 bits per heavy atom. The van der Waals surface area contributed by atoms with Crippen LogP contribution in [-0.4, -0.2) is 49.5 Å². The third-order valence-electron chi connectivity index (χ3n) is 6.41. The average Bonchev–Trinajstić information content (AvgIpc) is 3.34. The largest absolute Gasteiger partial charge is 0.407 e. The summed E-state index contributed by atoms with van der Waals surface area (Å²) in [6.07, 6.45) is -10.3. The maximum atomic E-state index is 14.3. The van der Waals surface area contributed by atoms with Gasteiger partial charge in [0.25, 0.3) is 0 Å². The molecule has 1 aliphatic heterocycles. The minimum absolute atomic E-state index is 0.0135. The highest BCUT2D eigenvalue weighted by atomic mass is 19.4. The summed E-state index contributed by atoms with van der Waals surface area (Å²) < 4.78 is 110. The molecule has 1 amide bonds. The van der Waals surface area contributed by atoms with Crippen LogP contribution in [0, 0.1) is 11.6 Å². The predicted octanol–water partition coefficient (Wildman–Crippen LogP) is 5.35. The fourth-order valence-corrected chi connectivity index (χ4v) is 4.30. The van der Waals surface area contributed by atoms with Gasteiger partial charge < -0.3 is 10.6 Å². The summed E-state index contributed by atoms with van der Waals surface area (Å²) in [4.78, 5) is 24.5. The minimum Gasteiger partial charge on any atom is -0.369 e. The number of hydrogen-bond acceptors (Lipinski definition) is 6. The van der Waals surface area contributed by atoms with Crippen molar-refractivity contribution in [2.75, 3.05) is 17.2 Å². The minimum atomic E-state index is -5.16. The molecule has 4 heterocycles. The van der Waals surface area contributed by atoms with Crippen LogP contribution in [0.5, 0.6) is 0 Å². The normalized spacial score (nSPS) is 17.3. The summed E-state index contributed by atoms with van der Waals surface area (Å²) >= 11 is 0. The number of alkyl halides is 6. The van der Waals surface area contributed by atoms with Crippen LogP contribution in [0.1, 0.15) is 24.5 Å². The zero-order valence-electron chi connectivity index (χ0n) is 20.3. The number of anilines is 2. The van der Waals surface area contributed by atoms with E-state index in [1.807, 2.05) is 5.32 Å². The number of rotatable bonds is 6. The van der Waals surface area contributed by atoms with E-state index >= 15 is 0 Å². The van der Waals surface area contributed by atoms with Crippen LogP contribution in [0.15, 0.2) is 36.5 Å². The van der Waals surface area contributed by atoms with E-state index in [1.165, 1.54) is 22.9 Å². The first-order chi connectivity index (χ1) is 18.7. The molecule has 16 heteroatoms. The van der Waals surface area contributed by atoms with Crippen molar-refractivity contribution in [2.45, 2.75) is 37.7 Å². The molecule has 1 aromatic carbocycles. The Hall–Kier alpha value is -4.37. The van der Waals surface area contributed by atoms with Gasteiger partial charge in [0, 0.05) is 12.1 Å². The molecule has 8 nitrogen and oxygen atoms in total. The summed E-state index contributed by atoms with van der Waals surface area (Å²) in [5.41, 5.74) is -3.96. The van der Waals surface area contributed by atoms with E-state index in [0.717, 1.165) is 12.3 Å². The standard InChI is InChI=1S/C24H17F8N7O/c1-22(24(30,31)32)15-17(33-7-6-23(27,28)29)35-19(36-18(15)37-21(22)40)16-13-8-12(25)9-34-20(13)39(38-16)10-11-4-2-3-5-14(11)26/h2-5,8-9H,6-7,10H2,1H3,(H2,33,35,36,37,40)/t22-/m1/s1. The second kappa shape index (κ2) is 9.38. The number of halogens is 8. The Morgan fingerprint density at radius 3 is 2.48 bits per heavy atom. The molecule has 2 N–H and O–H groups in total. The van der Waals surface area contributed by atoms with Crippen molar-refractivity contribution in [3.63, 3.8) is 0 Å². The van der Waals surface area contributed by atoms with Gasteiger partial charge in [0.05, 0.1) is 30.1 Å². The van der Waals surface area contributed by atoms with Gasteiger partial charge in [-0.05, 0) is 19.1 Å². The monoisotopic (exact) mass is 571 g/mol. The highest BCUT2D eigenvalue weighted by Gasteiger charge is 2.63. The van der Waals surface area contributed by atoms with Gasteiger partial charge in [-0.15, -0.1) is 0 Å². The SMILES string of the molecule is C[C@]1(C(F)(F)F)C(=O)Nc2nc(-c3nn(Cc4ccccc4F)c4ncc(F)cc34)nc(NCCC(F)(F)F)c21. The Morgan fingerprint density at radius 1 is 1.07 bits per heavy atom. The summed E-state index contributed by atoms with van der Waals surface area (Å²) in [5, 5.41) is 8.52. The summed E-state index contributed by atoms with van der Waals surface area (Å²) in [6.45, 7) is -0.497. The van der Waals surface area contributed by atoms with E-state index in [-0.39, 0.29) is 28.8 Å². The van der Waals surface area contributed by atoms with Crippen molar-refractivity contribution in [3.05, 3.63) is 59.3 Å². The van der Waals surface area contributed by atoms with E-state index in [4.69, 9.17) is 0 Å². The maximum absolute atomic E-state index is 14.3. The number of hydrogen-bond donors (Lipinski definition) is 2. The molecule has 3 aromatic heterocycles. The number of carbonyl (C=O) groups excluding carboxylic acids is 1. The molecule has 0 radical (unpaired) electrons. The number of benzene rings is 1. The fourth-order valence-electron chi connectivity index (χ4n) is 4.30. The first-order valence-corrected chi connectivity index (χ1v) is 11.6. The lowest BCUT2D eigenvalue weighted by molar-refractivity contribution is -0.186. The first kappa shape index (κ1) is 27.2. The zero-order valence-corrected chi connectivity index (χ0v) is 20.3. The van der Waals surface area contributed by atoms with Gasteiger partial charge in [-0.1, -0.05) is 18.2 Å². The van der Waals surface area contributed by atoms with E-state index in [2.05, 4.69) is 25.4 Å². The van der Waals surface area contributed by atoms with Gasteiger partial charge in [0.1, 0.15) is 29.0 Å². The van der Waals surface area contributed by atoms with Crippen LogP contribution < -0.4 is 10.6 Å². The number of fused-ring (bicyclic) bond motifs is 2. The molecule has 0 bridgehead atoms. The van der Waals surface area contributed by atoms with Crippen molar-refractivity contribution in [2.24, 2.45) is 0 Å². The number of carbonyl (C=O) groups is 1. The van der Waals surface area contributed by atoms with Crippen molar-refractivity contribution < 1.29 is 39.9 Å². The Balaban J connectivity index is 1.68. The van der Waals surface area contributed by atoms with Gasteiger partial charge in [-0.25, -0.2) is 28.4 Å². The van der Waals surface area contributed by atoms with Crippen LogP contribution in [0.25, 0.3) is 22.6 Å². The number of pyridine rings is 1. The molecule has 0 aliphatic carbocycles. The third kappa shape index (κ3) is 4.66. The molecule has 5 rings (SSSR count). The van der Waals surface area contributed by atoms with Gasteiger partial charge >= 0.3 is 12.4 Å². The van der Waals surface area contributed by atoms with Crippen molar-refractivity contribution >= 4 is 28.6 Å². The quantitative estimate of drug-likeness (QED) is 0.303. The van der Waals surface area contributed by atoms with Crippen LogP contribution in [-0.2, 0) is 16.8 Å². The van der Waals surface area contributed by atoms with E-state index in [0.29, 0.717) is 6.92 Å². The smallest absolute Gasteiger partial charge is 0.369 e. The van der Waals surface area contributed by atoms with E-state index in [9.17, 15) is 39.9 Å². The number of nitrogens with zero attached hydrogens (tertiary/aromatic N) is 5. The summed E-state index contributed by atoms with van der Waals surface area (Å²) in [5.74, 6) is -4.64. The van der Waals surface area contributed by atoms with Crippen molar-refractivity contribution in [1.29, 1.82) is 0 Å². The second-order valence-corrected chi connectivity index (χ2v) is 9.11. The molecule has 0 spiro atoms. The molecule has 0 saturated carbocycles. The molecule has 210 valence electrons. The average molecular weight is 571 g/mol. The highest BCUT2D eigenvalue weighted by molar-refractivity contribution is 6.07. The van der Waals surface area contributed by atoms with Crippen LogP contribution >= 0.6 is 0 Å². The third-order valence-corrected chi connectivity index (χ3v) is 6.41. The van der Waals surface area contributed by atoms with E-state index < -0.39 is 71.3 Å². The predicted molar refractivity (Wildman–Crippen MR) is 125 cm³/mol. The molecule has 4 aromatic rings. The van der Waals surface area contributed by atoms with Crippen LogP contribution in [0.4, 0.5) is 46.8 Å². The fraction of sp³-hybridized carbons (Fsp3) is 0.292. The molecule has 0 unspecified atom stereocenters. The summed E-state index contributed by atoms with van der Waals surface area (Å²) in [6, 6.07) is 6.70. The van der Waals surface area contributed by atoms with Crippen molar-refractivity contribution in [3.8, 4) is 11.5 Å². The van der Waals surface area contributed by atoms with Crippen molar-refractivity contribution in [1.82, 2.24) is 24.7 Å². The maximum Gasteiger partial charge on any atom is 0.407 e. The van der Waals surface area contributed by atoms with Gasteiger partial charge in [-0.2, -0.15) is 31.4 Å². The van der Waals surface area contributed by atoms with Crippen LogP contribution in [0.3, 0.4) is 0 Å². The Kier molecular flexibility index (Phi) is 6.38. The molecule has 40 heavy (non-hydrogen) atoms. The van der Waals surface area contributed by atoms with Gasteiger partial charge in [0.2, 0.25) is 5.91 Å². The topological polar surface area (TPSA) is 97.6 Å². The lowest BCUT2D eigenvalue weighted by atomic mass is 9.83. The molecular formula is C24H17F8N7O. The number of aromatic nitrogens is 5. The van der Waals surface area contributed by atoms with Gasteiger partial charge in [0.15, 0.2) is 16.9 Å². The molecule has 1 aliphatic rings. The summed E-state index contributed by atoms with van der Waals surface area (Å²) in [7, 11) is 0. The lowest BCUT2D eigenvalue weighted by Crippen LogP contribution is -2.45. The first-order valence-electron chi connectivity index (χ1n) is 11.6. The Labute approximate surface area is 219 Å². The second-order valence-electron chi connectivity index (χ2n) is 9.11. The molecule has 0 fully saturated rings.